The van der Waals surface area contributed by atoms with Gasteiger partial charge < -0.3 is 4.74 Å². The van der Waals surface area contributed by atoms with E-state index in [9.17, 15) is 9.59 Å². The summed E-state index contributed by atoms with van der Waals surface area (Å²) >= 11 is 0. The number of carbonyl (C=O) groups excluding carboxylic acids is 2. The summed E-state index contributed by atoms with van der Waals surface area (Å²) in [6.07, 6.45) is 0. The fourth-order valence-corrected chi connectivity index (χ4v) is 2.40. The van der Waals surface area contributed by atoms with Gasteiger partial charge in [0.25, 0.3) is 0 Å². The van der Waals surface area contributed by atoms with Crippen molar-refractivity contribution >= 4 is 11.8 Å². The summed E-state index contributed by atoms with van der Waals surface area (Å²) in [5, 5.41) is 0. The molecule has 2 atom stereocenters. The van der Waals surface area contributed by atoms with E-state index in [-0.39, 0.29) is 11.7 Å². The Hall–Kier alpha value is -2.42. The van der Waals surface area contributed by atoms with Gasteiger partial charge in [-0.05, 0) is 5.56 Å². The lowest BCUT2D eigenvalue weighted by atomic mass is 9.82. The van der Waals surface area contributed by atoms with Gasteiger partial charge >= 0.3 is 5.97 Å². The van der Waals surface area contributed by atoms with Crippen molar-refractivity contribution in [3.05, 3.63) is 71.8 Å². The predicted molar refractivity (Wildman–Crippen MR) is 81.1 cm³/mol. The van der Waals surface area contributed by atoms with Crippen LogP contribution in [0.25, 0.3) is 0 Å². The number of ether oxygens (including phenoxy) is 1. The van der Waals surface area contributed by atoms with Gasteiger partial charge in [0.2, 0.25) is 0 Å². The highest BCUT2D eigenvalue weighted by Crippen LogP contribution is 2.28. The second-order valence-corrected chi connectivity index (χ2v) is 4.93. The van der Waals surface area contributed by atoms with Gasteiger partial charge in [0, 0.05) is 11.5 Å². The van der Waals surface area contributed by atoms with Gasteiger partial charge in [-0.25, -0.2) is 0 Å². The molecule has 0 aliphatic carbocycles. The van der Waals surface area contributed by atoms with E-state index in [2.05, 4.69) is 0 Å². The van der Waals surface area contributed by atoms with Crippen LogP contribution in [0.2, 0.25) is 0 Å². The van der Waals surface area contributed by atoms with Crippen molar-refractivity contribution in [1.29, 1.82) is 0 Å². The first-order chi connectivity index (χ1) is 10.1. The van der Waals surface area contributed by atoms with Crippen molar-refractivity contribution in [3.63, 3.8) is 0 Å². The lowest BCUT2D eigenvalue weighted by molar-refractivity contribution is -0.144. The third-order valence-electron chi connectivity index (χ3n) is 3.62. The zero-order valence-corrected chi connectivity index (χ0v) is 12.2. The Morgan fingerprint density at radius 1 is 0.905 bits per heavy atom. The van der Waals surface area contributed by atoms with E-state index in [1.807, 2.05) is 43.3 Å². The topological polar surface area (TPSA) is 43.4 Å². The van der Waals surface area contributed by atoms with Gasteiger partial charge in [0.15, 0.2) is 5.78 Å². The molecule has 0 aliphatic rings. The molecule has 0 bridgehead atoms. The summed E-state index contributed by atoms with van der Waals surface area (Å²) in [6, 6.07) is 18.4. The third-order valence-corrected chi connectivity index (χ3v) is 3.62. The number of ketones is 1. The molecule has 21 heavy (non-hydrogen) atoms. The molecular weight excluding hydrogens is 264 g/mol. The molecular formula is C18H18O3. The van der Waals surface area contributed by atoms with Crippen LogP contribution in [-0.2, 0) is 9.53 Å². The Morgan fingerprint density at radius 3 is 1.95 bits per heavy atom. The molecule has 2 unspecified atom stereocenters. The van der Waals surface area contributed by atoms with E-state index in [1.54, 1.807) is 24.3 Å². The van der Waals surface area contributed by atoms with Crippen molar-refractivity contribution in [3.8, 4) is 0 Å². The first-order valence-corrected chi connectivity index (χ1v) is 6.87. The van der Waals surface area contributed by atoms with E-state index < -0.39 is 11.9 Å². The normalized spacial score (nSPS) is 13.2. The van der Waals surface area contributed by atoms with Crippen LogP contribution in [0.5, 0.6) is 0 Å². The van der Waals surface area contributed by atoms with E-state index in [1.165, 1.54) is 7.11 Å². The summed E-state index contributed by atoms with van der Waals surface area (Å²) in [4.78, 5) is 24.8. The highest BCUT2D eigenvalue weighted by molar-refractivity contribution is 6.09. The number of hydrogen-bond acceptors (Lipinski definition) is 3. The molecule has 2 aromatic rings. The molecule has 2 aromatic carbocycles. The van der Waals surface area contributed by atoms with Crippen LogP contribution in [0.1, 0.15) is 28.8 Å². The van der Waals surface area contributed by atoms with Crippen molar-refractivity contribution in [1.82, 2.24) is 0 Å². The minimum absolute atomic E-state index is 0.209. The van der Waals surface area contributed by atoms with Crippen LogP contribution >= 0.6 is 0 Å². The van der Waals surface area contributed by atoms with Crippen LogP contribution in [0.15, 0.2) is 60.7 Å². The van der Waals surface area contributed by atoms with Crippen LogP contribution in [0, 0.1) is 5.92 Å². The molecule has 108 valence electrons. The Kier molecular flexibility index (Phi) is 4.88. The zero-order valence-electron chi connectivity index (χ0n) is 12.2. The molecule has 0 saturated heterocycles. The van der Waals surface area contributed by atoms with Gasteiger partial charge in [-0.15, -0.1) is 0 Å². The second-order valence-electron chi connectivity index (χ2n) is 4.93. The summed E-state index contributed by atoms with van der Waals surface area (Å²) < 4.78 is 4.84. The zero-order chi connectivity index (χ0) is 15.2. The quantitative estimate of drug-likeness (QED) is 0.479. The maximum absolute atomic E-state index is 12.7. The Labute approximate surface area is 124 Å². The van der Waals surface area contributed by atoms with E-state index in [4.69, 9.17) is 4.74 Å². The number of carbonyl (C=O) groups is 2. The van der Waals surface area contributed by atoms with Gasteiger partial charge in [-0.3, -0.25) is 9.59 Å². The summed E-state index contributed by atoms with van der Waals surface area (Å²) in [5.74, 6) is -1.79. The van der Waals surface area contributed by atoms with Crippen molar-refractivity contribution < 1.29 is 14.3 Å². The second kappa shape index (κ2) is 6.84. The number of methoxy groups -OCH3 is 1. The number of rotatable bonds is 5. The van der Waals surface area contributed by atoms with Gasteiger partial charge in [0.1, 0.15) is 5.92 Å². The molecule has 0 heterocycles. The molecule has 0 amide bonds. The Balaban J connectivity index is 2.35. The molecule has 0 fully saturated rings. The smallest absolute Gasteiger partial charge is 0.317 e. The highest BCUT2D eigenvalue weighted by Gasteiger charge is 2.34. The average Bonchev–Trinajstić information content (AvgIpc) is 2.56. The van der Waals surface area contributed by atoms with Crippen molar-refractivity contribution in [2.45, 2.75) is 12.8 Å². The highest BCUT2D eigenvalue weighted by atomic mass is 16.5. The summed E-state index contributed by atoms with van der Waals surface area (Å²) in [6.45, 7) is 1.87. The number of hydrogen-bond donors (Lipinski definition) is 0. The van der Waals surface area contributed by atoms with Crippen LogP contribution < -0.4 is 0 Å². The summed E-state index contributed by atoms with van der Waals surface area (Å²) in [7, 11) is 1.31. The predicted octanol–water partition coefficient (Wildman–Crippen LogP) is 3.46. The van der Waals surface area contributed by atoms with Gasteiger partial charge in [-0.1, -0.05) is 67.6 Å². The molecule has 0 saturated carbocycles. The lowest BCUT2D eigenvalue weighted by Crippen LogP contribution is -2.30. The minimum atomic E-state index is -0.834. The third kappa shape index (κ3) is 3.37. The Bertz CT molecular complexity index is 605. The minimum Gasteiger partial charge on any atom is -0.468 e. The molecule has 0 N–H and O–H groups in total. The van der Waals surface area contributed by atoms with Crippen molar-refractivity contribution in [2.75, 3.05) is 7.11 Å². The van der Waals surface area contributed by atoms with E-state index >= 15 is 0 Å². The first kappa shape index (κ1) is 15.0. The van der Waals surface area contributed by atoms with E-state index in [0.29, 0.717) is 5.56 Å². The van der Waals surface area contributed by atoms with Gasteiger partial charge in [0.05, 0.1) is 7.11 Å². The molecule has 0 aromatic heterocycles. The first-order valence-electron chi connectivity index (χ1n) is 6.87. The number of benzene rings is 2. The van der Waals surface area contributed by atoms with Gasteiger partial charge in [-0.2, -0.15) is 0 Å². The average molecular weight is 282 g/mol. The maximum atomic E-state index is 12.7. The summed E-state index contributed by atoms with van der Waals surface area (Å²) in [5.41, 5.74) is 1.47. The standard InChI is InChI=1S/C18H18O3/c1-13(14-9-5-3-6-10-14)16(18(20)21-2)17(19)15-11-7-4-8-12-15/h3-13,16H,1-2H3. The fraction of sp³-hybridized carbons (Fsp3) is 0.222. The van der Waals surface area contributed by atoms with Crippen molar-refractivity contribution in [2.24, 2.45) is 5.92 Å². The number of Topliss-reactive ketones (excluding diaryl/α,β-unsaturated/α-hetero) is 1. The number of esters is 1. The molecule has 2 rings (SSSR count). The SMILES string of the molecule is COC(=O)C(C(=O)c1ccccc1)C(C)c1ccccc1. The van der Waals surface area contributed by atoms with Crippen LogP contribution in [-0.4, -0.2) is 18.9 Å². The largest absolute Gasteiger partial charge is 0.468 e. The Morgan fingerprint density at radius 2 is 1.43 bits per heavy atom. The molecule has 3 heteroatoms. The molecule has 0 aliphatic heterocycles. The fourth-order valence-electron chi connectivity index (χ4n) is 2.40. The van der Waals surface area contributed by atoms with E-state index in [0.717, 1.165) is 5.56 Å². The van der Waals surface area contributed by atoms with Crippen LogP contribution in [0.4, 0.5) is 0 Å². The lowest BCUT2D eigenvalue weighted by Gasteiger charge is -2.21. The monoisotopic (exact) mass is 282 g/mol. The molecule has 3 nitrogen and oxygen atoms in total. The molecule has 0 spiro atoms. The molecule has 0 radical (unpaired) electrons. The maximum Gasteiger partial charge on any atom is 0.317 e. The van der Waals surface area contributed by atoms with Crippen LogP contribution in [0.3, 0.4) is 0 Å².